The number of allylic oxidation sites excluding steroid dienone is 6. The largest absolute Gasteiger partial charge is 0.219 e. The quantitative estimate of drug-likeness (QED) is 0.612. The number of hydrogen-bond acceptors (Lipinski definition) is 2. The summed E-state index contributed by atoms with van der Waals surface area (Å²) >= 11 is 0. The molecule has 0 amide bonds. The fourth-order valence-electron chi connectivity index (χ4n) is 0.891. The van der Waals surface area contributed by atoms with Crippen LogP contribution in [0.15, 0.2) is 46.8 Å². The van der Waals surface area contributed by atoms with Crippen molar-refractivity contribution in [2.45, 2.75) is 6.92 Å². The molecule has 1 aliphatic heterocycles. The van der Waals surface area contributed by atoms with E-state index in [4.69, 9.17) is 0 Å². The molecule has 12 heavy (non-hydrogen) atoms. The maximum atomic E-state index is 11.1. The molecule has 0 aromatic carbocycles. The highest BCUT2D eigenvalue weighted by Crippen LogP contribution is 2.22. The van der Waals surface area contributed by atoms with Crippen LogP contribution in [0.1, 0.15) is 6.92 Å². The fraction of sp³-hybridized carbons (Fsp3) is 0.111. The van der Waals surface area contributed by atoms with Crippen molar-refractivity contribution in [1.29, 1.82) is 0 Å². The van der Waals surface area contributed by atoms with E-state index in [1.54, 1.807) is 31.2 Å². The molecule has 1 heterocycles. The van der Waals surface area contributed by atoms with Gasteiger partial charge in [-0.25, -0.2) is 8.42 Å². The Balaban J connectivity index is 3.10. The van der Waals surface area contributed by atoms with Gasteiger partial charge in [-0.1, -0.05) is 24.8 Å². The molecule has 0 spiro atoms. The van der Waals surface area contributed by atoms with Crippen LogP contribution in [0.3, 0.4) is 0 Å². The number of rotatable bonds is 2. The summed E-state index contributed by atoms with van der Waals surface area (Å²) in [5.41, 5.74) is 0.731. The maximum absolute atomic E-state index is 11.1. The minimum absolute atomic E-state index is 0.403. The SMILES string of the molecule is C=CC=CC1=C(C)S(=O)(=O)C=C1. The monoisotopic (exact) mass is 182 g/mol. The third-order valence-corrected chi connectivity index (χ3v) is 3.26. The Hall–Kier alpha value is -1.09. The molecule has 1 aliphatic rings. The molecule has 0 aromatic heterocycles. The molecule has 0 saturated carbocycles. The molecule has 0 aliphatic carbocycles. The number of hydrogen-bond donors (Lipinski definition) is 0. The molecule has 0 fully saturated rings. The van der Waals surface area contributed by atoms with Crippen LogP contribution >= 0.6 is 0 Å². The minimum atomic E-state index is -3.09. The zero-order valence-corrected chi connectivity index (χ0v) is 7.64. The predicted octanol–water partition coefficient (Wildman–Crippen LogP) is 1.94. The zero-order chi connectivity index (χ0) is 9.19. The van der Waals surface area contributed by atoms with Gasteiger partial charge < -0.3 is 0 Å². The molecule has 0 N–H and O–H groups in total. The second kappa shape index (κ2) is 3.11. The number of sulfone groups is 1. The van der Waals surface area contributed by atoms with Crippen LogP contribution in [0.4, 0.5) is 0 Å². The second-order valence-corrected chi connectivity index (χ2v) is 4.43. The molecule has 0 atom stereocenters. The lowest BCUT2D eigenvalue weighted by Gasteiger charge is -1.92. The molecule has 0 unspecified atom stereocenters. The van der Waals surface area contributed by atoms with Crippen LogP contribution in [-0.4, -0.2) is 8.42 Å². The van der Waals surface area contributed by atoms with Crippen molar-refractivity contribution in [3.05, 3.63) is 46.8 Å². The van der Waals surface area contributed by atoms with E-state index in [0.717, 1.165) is 5.57 Å². The summed E-state index contributed by atoms with van der Waals surface area (Å²) in [6.07, 6.45) is 6.64. The lowest BCUT2D eigenvalue weighted by Crippen LogP contribution is -1.92. The van der Waals surface area contributed by atoms with E-state index in [2.05, 4.69) is 6.58 Å². The van der Waals surface area contributed by atoms with E-state index in [9.17, 15) is 8.42 Å². The highest BCUT2D eigenvalue weighted by molar-refractivity contribution is 7.98. The van der Waals surface area contributed by atoms with Gasteiger partial charge in [-0.3, -0.25) is 0 Å². The van der Waals surface area contributed by atoms with Crippen molar-refractivity contribution in [3.8, 4) is 0 Å². The lowest BCUT2D eigenvalue weighted by atomic mass is 10.2. The molecular weight excluding hydrogens is 172 g/mol. The topological polar surface area (TPSA) is 34.1 Å². The third kappa shape index (κ3) is 1.56. The van der Waals surface area contributed by atoms with Crippen LogP contribution in [0.5, 0.6) is 0 Å². The van der Waals surface area contributed by atoms with Crippen molar-refractivity contribution in [2.75, 3.05) is 0 Å². The first-order valence-corrected chi connectivity index (χ1v) is 5.06. The van der Waals surface area contributed by atoms with Gasteiger partial charge in [0.1, 0.15) is 0 Å². The Morgan fingerprint density at radius 1 is 1.50 bits per heavy atom. The smallest absolute Gasteiger partial charge is 0.196 e. The Kier molecular flexibility index (Phi) is 2.33. The van der Waals surface area contributed by atoms with Gasteiger partial charge in [0.2, 0.25) is 0 Å². The summed E-state index contributed by atoms with van der Waals surface area (Å²) in [5.74, 6) is 0. The first-order valence-electron chi connectivity index (χ1n) is 3.51. The molecule has 0 saturated heterocycles. The Labute approximate surface area is 72.5 Å². The van der Waals surface area contributed by atoms with Gasteiger partial charge in [-0.15, -0.1) is 0 Å². The molecule has 2 nitrogen and oxygen atoms in total. The van der Waals surface area contributed by atoms with Gasteiger partial charge >= 0.3 is 0 Å². The van der Waals surface area contributed by atoms with Gasteiger partial charge in [0.05, 0.1) is 4.91 Å². The average molecular weight is 182 g/mol. The summed E-state index contributed by atoms with van der Waals surface area (Å²) in [6, 6.07) is 0. The summed E-state index contributed by atoms with van der Waals surface area (Å²) in [5, 5.41) is 1.21. The van der Waals surface area contributed by atoms with E-state index in [-0.39, 0.29) is 0 Å². The van der Waals surface area contributed by atoms with Gasteiger partial charge in [0.15, 0.2) is 9.84 Å². The Morgan fingerprint density at radius 2 is 2.17 bits per heavy atom. The van der Waals surface area contributed by atoms with E-state index < -0.39 is 9.84 Å². The fourth-order valence-corrected chi connectivity index (χ4v) is 1.89. The van der Waals surface area contributed by atoms with Crippen molar-refractivity contribution in [2.24, 2.45) is 0 Å². The van der Waals surface area contributed by atoms with E-state index in [1.807, 2.05) is 0 Å². The third-order valence-electron chi connectivity index (χ3n) is 1.67. The van der Waals surface area contributed by atoms with Crippen LogP contribution in [0, 0.1) is 0 Å². The first-order chi connectivity index (χ1) is 5.58. The van der Waals surface area contributed by atoms with Crippen molar-refractivity contribution < 1.29 is 8.42 Å². The Morgan fingerprint density at radius 3 is 2.58 bits per heavy atom. The van der Waals surface area contributed by atoms with Crippen molar-refractivity contribution in [3.63, 3.8) is 0 Å². The van der Waals surface area contributed by atoms with E-state index >= 15 is 0 Å². The Bertz CT molecular complexity index is 381. The molecular formula is C9H10O2S. The molecule has 3 heteroatoms. The molecule has 0 bridgehead atoms. The standard InChI is InChI=1S/C9H10O2S/c1-3-4-5-9-6-7-12(10,11)8(9)2/h3-7H,1H2,2H3. The van der Waals surface area contributed by atoms with Gasteiger partial charge in [0, 0.05) is 5.41 Å². The molecule has 0 radical (unpaired) electrons. The normalized spacial score (nSPS) is 20.8. The van der Waals surface area contributed by atoms with Gasteiger partial charge in [0.25, 0.3) is 0 Å². The zero-order valence-electron chi connectivity index (χ0n) is 6.82. The van der Waals surface area contributed by atoms with Gasteiger partial charge in [-0.2, -0.15) is 0 Å². The van der Waals surface area contributed by atoms with Crippen LogP contribution in [0.2, 0.25) is 0 Å². The van der Waals surface area contributed by atoms with Crippen LogP contribution in [0.25, 0.3) is 0 Å². The molecule has 1 rings (SSSR count). The summed E-state index contributed by atoms with van der Waals surface area (Å²) in [6.45, 7) is 5.10. The van der Waals surface area contributed by atoms with E-state index in [1.165, 1.54) is 5.41 Å². The van der Waals surface area contributed by atoms with Gasteiger partial charge in [-0.05, 0) is 18.6 Å². The lowest BCUT2D eigenvalue weighted by molar-refractivity contribution is 0.610. The minimum Gasteiger partial charge on any atom is -0.219 e. The van der Waals surface area contributed by atoms with Crippen LogP contribution in [-0.2, 0) is 9.84 Å². The van der Waals surface area contributed by atoms with Crippen molar-refractivity contribution in [1.82, 2.24) is 0 Å². The van der Waals surface area contributed by atoms with E-state index in [0.29, 0.717) is 4.91 Å². The summed E-state index contributed by atoms with van der Waals surface area (Å²) in [7, 11) is -3.09. The summed E-state index contributed by atoms with van der Waals surface area (Å²) < 4.78 is 22.3. The highest BCUT2D eigenvalue weighted by Gasteiger charge is 2.17. The second-order valence-electron chi connectivity index (χ2n) is 2.45. The maximum Gasteiger partial charge on any atom is 0.196 e. The highest BCUT2D eigenvalue weighted by atomic mass is 32.2. The predicted molar refractivity (Wildman–Crippen MR) is 50.1 cm³/mol. The average Bonchev–Trinajstić information content (AvgIpc) is 2.26. The summed E-state index contributed by atoms with van der Waals surface area (Å²) in [4.78, 5) is 0.403. The van der Waals surface area contributed by atoms with Crippen LogP contribution < -0.4 is 0 Å². The molecule has 0 aromatic rings. The van der Waals surface area contributed by atoms with Crippen molar-refractivity contribution >= 4 is 9.84 Å². The first kappa shape index (κ1) is 9.00. The molecule has 64 valence electrons.